The molecule has 0 N–H and O–H groups in total. The molecular formula is C12H18N2O2S. The molecule has 4 nitrogen and oxygen atoms in total. The zero-order chi connectivity index (χ0) is 11.9. The SMILES string of the molecule is O=S1(=O)CCCCC1c1cn2c(n1)CCCC2. The molecule has 17 heavy (non-hydrogen) atoms. The van der Waals surface area contributed by atoms with E-state index < -0.39 is 9.84 Å². The van der Waals surface area contributed by atoms with Crippen LogP contribution in [0.15, 0.2) is 6.20 Å². The molecule has 2 aliphatic rings. The van der Waals surface area contributed by atoms with Gasteiger partial charge in [0.1, 0.15) is 11.1 Å². The molecule has 1 fully saturated rings. The molecule has 2 aliphatic heterocycles. The predicted molar refractivity (Wildman–Crippen MR) is 65.5 cm³/mol. The molecule has 1 atom stereocenters. The van der Waals surface area contributed by atoms with Crippen LogP contribution in [-0.4, -0.2) is 23.7 Å². The maximum Gasteiger partial charge on any atom is 0.158 e. The van der Waals surface area contributed by atoms with Crippen LogP contribution >= 0.6 is 0 Å². The number of sulfone groups is 1. The van der Waals surface area contributed by atoms with Gasteiger partial charge in [-0.25, -0.2) is 13.4 Å². The van der Waals surface area contributed by atoms with E-state index in [1.165, 1.54) is 12.8 Å². The second kappa shape index (κ2) is 4.12. The summed E-state index contributed by atoms with van der Waals surface area (Å²) in [4.78, 5) is 4.55. The lowest BCUT2D eigenvalue weighted by Gasteiger charge is -2.20. The first-order valence-corrected chi connectivity index (χ1v) is 8.16. The quantitative estimate of drug-likeness (QED) is 0.768. The third-order valence-electron chi connectivity index (χ3n) is 3.84. The van der Waals surface area contributed by atoms with Gasteiger partial charge in [-0.1, -0.05) is 6.42 Å². The Hall–Kier alpha value is -0.840. The summed E-state index contributed by atoms with van der Waals surface area (Å²) >= 11 is 0. The van der Waals surface area contributed by atoms with E-state index in [2.05, 4.69) is 9.55 Å². The average molecular weight is 254 g/mol. The number of imidazole rings is 1. The van der Waals surface area contributed by atoms with Crippen LogP contribution < -0.4 is 0 Å². The minimum atomic E-state index is -2.95. The zero-order valence-electron chi connectivity index (χ0n) is 9.93. The Kier molecular flexibility index (Phi) is 2.73. The molecule has 0 saturated carbocycles. The summed E-state index contributed by atoms with van der Waals surface area (Å²) in [5, 5.41) is -0.339. The van der Waals surface area contributed by atoms with Gasteiger partial charge in [0, 0.05) is 19.2 Å². The summed E-state index contributed by atoms with van der Waals surface area (Å²) in [5.74, 6) is 1.41. The Morgan fingerprint density at radius 3 is 2.88 bits per heavy atom. The van der Waals surface area contributed by atoms with E-state index in [9.17, 15) is 8.42 Å². The van der Waals surface area contributed by atoms with Gasteiger partial charge >= 0.3 is 0 Å². The third kappa shape index (κ3) is 2.01. The fourth-order valence-electron chi connectivity index (χ4n) is 2.88. The molecule has 1 unspecified atom stereocenters. The molecular weight excluding hydrogens is 236 g/mol. The predicted octanol–water partition coefficient (Wildman–Crippen LogP) is 1.86. The van der Waals surface area contributed by atoms with Crippen molar-refractivity contribution in [3.05, 3.63) is 17.7 Å². The van der Waals surface area contributed by atoms with Gasteiger partial charge in [-0.2, -0.15) is 0 Å². The molecule has 1 aromatic rings. The molecule has 1 aromatic heterocycles. The first kappa shape index (κ1) is 11.3. The summed E-state index contributed by atoms with van der Waals surface area (Å²) in [6.45, 7) is 0.995. The Balaban J connectivity index is 1.95. The van der Waals surface area contributed by atoms with Gasteiger partial charge in [-0.15, -0.1) is 0 Å². The molecule has 0 spiro atoms. The van der Waals surface area contributed by atoms with Crippen LogP contribution in [0.3, 0.4) is 0 Å². The van der Waals surface area contributed by atoms with Crippen LogP contribution in [0.5, 0.6) is 0 Å². The van der Waals surface area contributed by atoms with Gasteiger partial charge in [0.05, 0.1) is 11.4 Å². The van der Waals surface area contributed by atoms with Crippen LogP contribution in [-0.2, 0) is 22.8 Å². The summed E-state index contributed by atoms with van der Waals surface area (Å²) in [5.41, 5.74) is 0.793. The van der Waals surface area contributed by atoms with Crippen LogP contribution in [0.1, 0.15) is 48.9 Å². The van der Waals surface area contributed by atoms with Gasteiger partial charge in [0.15, 0.2) is 9.84 Å². The first-order chi connectivity index (χ1) is 8.17. The minimum absolute atomic E-state index is 0.333. The second-order valence-electron chi connectivity index (χ2n) is 5.08. The fraction of sp³-hybridized carbons (Fsp3) is 0.750. The fourth-order valence-corrected chi connectivity index (χ4v) is 4.77. The highest BCUT2D eigenvalue weighted by atomic mass is 32.2. The Bertz CT molecular complexity index is 495. The van der Waals surface area contributed by atoms with Crippen molar-refractivity contribution in [2.45, 2.75) is 50.3 Å². The maximum absolute atomic E-state index is 12.0. The van der Waals surface area contributed by atoms with Crippen molar-refractivity contribution in [3.63, 3.8) is 0 Å². The number of aromatic nitrogens is 2. The van der Waals surface area contributed by atoms with E-state index in [1.54, 1.807) is 0 Å². The average Bonchev–Trinajstić information content (AvgIpc) is 2.71. The zero-order valence-corrected chi connectivity index (χ0v) is 10.7. The van der Waals surface area contributed by atoms with Crippen molar-refractivity contribution in [1.82, 2.24) is 9.55 Å². The van der Waals surface area contributed by atoms with Gasteiger partial charge < -0.3 is 4.57 Å². The van der Waals surface area contributed by atoms with Gasteiger partial charge in [-0.05, 0) is 25.7 Å². The van der Waals surface area contributed by atoms with E-state index in [4.69, 9.17) is 0 Å². The lowest BCUT2D eigenvalue weighted by molar-refractivity contribution is 0.522. The number of aryl methyl sites for hydroxylation is 2. The molecule has 3 heterocycles. The van der Waals surface area contributed by atoms with E-state index in [0.29, 0.717) is 5.75 Å². The second-order valence-corrected chi connectivity index (χ2v) is 7.39. The van der Waals surface area contributed by atoms with Crippen LogP contribution in [0, 0.1) is 0 Å². The highest BCUT2D eigenvalue weighted by molar-refractivity contribution is 7.91. The summed E-state index contributed by atoms with van der Waals surface area (Å²) < 4.78 is 26.2. The van der Waals surface area contributed by atoms with Crippen molar-refractivity contribution in [1.29, 1.82) is 0 Å². The van der Waals surface area contributed by atoms with E-state index in [1.807, 2.05) is 6.20 Å². The monoisotopic (exact) mass is 254 g/mol. The first-order valence-electron chi connectivity index (χ1n) is 6.44. The van der Waals surface area contributed by atoms with E-state index in [-0.39, 0.29) is 5.25 Å². The molecule has 0 aliphatic carbocycles. The van der Waals surface area contributed by atoms with Gasteiger partial charge in [0.25, 0.3) is 0 Å². The molecule has 0 bridgehead atoms. The maximum atomic E-state index is 12.0. The smallest absolute Gasteiger partial charge is 0.158 e. The lowest BCUT2D eigenvalue weighted by atomic mass is 10.1. The molecule has 5 heteroatoms. The standard InChI is InChI=1S/C12H18N2O2S/c15-17(16)8-4-2-5-11(17)10-9-14-7-3-1-6-12(14)13-10/h9,11H,1-8H2. The molecule has 94 valence electrons. The number of nitrogens with zero attached hydrogens (tertiary/aromatic N) is 2. The molecule has 0 radical (unpaired) electrons. The number of hydrogen-bond acceptors (Lipinski definition) is 3. The van der Waals surface area contributed by atoms with E-state index >= 15 is 0 Å². The normalized spacial score (nSPS) is 27.6. The Morgan fingerprint density at radius 2 is 2.12 bits per heavy atom. The van der Waals surface area contributed by atoms with Crippen LogP contribution in [0.4, 0.5) is 0 Å². The van der Waals surface area contributed by atoms with E-state index in [0.717, 1.165) is 43.7 Å². The van der Waals surface area contributed by atoms with Crippen LogP contribution in [0.2, 0.25) is 0 Å². The topological polar surface area (TPSA) is 52.0 Å². The van der Waals surface area contributed by atoms with Crippen molar-refractivity contribution in [2.75, 3.05) is 5.75 Å². The number of rotatable bonds is 1. The molecule has 1 saturated heterocycles. The molecule has 0 aromatic carbocycles. The third-order valence-corrected chi connectivity index (χ3v) is 6.04. The van der Waals surface area contributed by atoms with Crippen LogP contribution in [0.25, 0.3) is 0 Å². The number of hydrogen-bond donors (Lipinski definition) is 0. The van der Waals surface area contributed by atoms with Gasteiger partial charge in [0.2, 0.25) is 0 Å². The lowest BCUT2D eigenvalue weighted by Crippen LogP contribution is -2.21. The Morgan fingerprint density at radius 1 is 1.24 bits per heavy atom. The van der Waals surface area contributed by atoms with Crippen molar-refractivity contribution in [2.24, 2.45) is 0 Å². The summed E-state index contributed by atoms with van der Waals surface area (Å²) in [7, 11) is -2.95. The summed E-state index contributed by atoms with van der Waals surface area (Å²) in [6, 6.07) is 0. The summed E-state index contributed by atoms with van der Waals surface area (Å²) in [6.07, 6.45) is 7.89. The highest BCUT2D eigenvalue weighted by Crippen LogP contribution is 2.33. The highest BCUT2D eigenvalue weighted by Gasteiger charge is 2.32. The Labute approximate surface area is 102 Å². The largest absolute Gasteiger partial charge is 0.335 e. The van der Waals surface area contributed by atoms with Gasteiger partial charge in [-0.3, -0.25) is 0 Å². The molecule has 3 rings (SSSR count). The minimum Gasteiger partial charge on any atom is -0.335 e. The number of fused-ring (bicyclic) bond motifs is 1. The van der Waals surface area contributed by atoms with Crippen molar-refractivity contribution < 1.29 is 8.42 Å². The van der Waals surface area contributed by atoms with Crippen molar-refractivity contribution in [3.8, 4) is 0 Å². The molecule has 0 amide bonds. The van der Waals surface area contributed by atoms with Crippen molar-refractivity contribution >= 4 is 9.84 Å².